The smallest absolute Gasteiger partial charge is 0.198 e. The van der Waals surface area contributed by atoms with Crippen LogP contribution in [-0.4, -0.2) is 15.1 Å². The fraction of sp³-hybridized carbons (Fsp3) is 0.200. The van der Waals surface area contributed by atoms with Gasteiger partial charge in [0.2, 0.25) is 5.28 Å². The molecule has 0 aliphatic rings. The van der Waals surface area contributed by atoms with E-state index in [0.29, 0.717) is 5.28 Å². The second-order valence-corrected chi connectivity index (χ2v) is 6.76. The molecule has 0 radical (unpaired) electrons. The quantitative estimate of drug-likeness (QED) is 0.773. The van der Waals surface area contributed by atoms with Gasteiger partial charge in [0.05, 0.1) is 3.39 Å². The Balaban J connectivity index is 2.38. The largest absolute Gasteiger partial charge is 0.235 e. The third kappa shape index (κ3) is 4.23. The summed E-state index contributed by atoms with van der Waals surface area (Å²) in [4.78, 5) is 3.98. The fourth-order valence-corrected chi connectivity index (χ4v) is 2.86. The SMILES string of the molecule is Clc1nsc(SCC=C(Br)Br)n1. The average Bonchev–Trinajstić information content (AvgIpc) is 2.35. The Kier molecular flexibility index (Phi) is 5.12. The minimum atomic E-state index is 0.324. The van der Waals surface area contributed by atoms with Crippen LogP contribution in [0.3, 0.4) is 0 Å². The lowest BCUT2D eigenvalue weighted by Crippen LogP contribution is -1.71. The monoisotopic (exact) mass is 348 g/mol. The molecule has 12 heavy (non-hydrogen) atoms. The lowest BCUT2D eigenvalue weighted by Gasteiger charge is -1.88. The molecule has 1 aromatic heterocycles. The van der Waals surface area contributed by atoms with E-state index in [9.17, 15) is 0 Å². The molecule has 0 amide bonds. The van der Waals surface area contributed by atoms with Gasteiger partial charge < -0.3 is 0 Å². The lowest BCUT2D eigenvalue weighted by molar-refractivity contribution is 1.22. The molecule has 1 heterocycles. The van der Waals surface area contributed by atoms with Gasteiger partial charge in [-0.25, -0.2) is 0 Å². The Morgan fingerprint density at radius 2 is 2.42 bits per heavy atom. The highest BCUT2D eigenvalue weighted by Crippen LogP contribution is 2.23. The molecule has 0 saturated heterocycles. The van der Waals surface area contributed by atoms with Crippen LogP contribution in [0.25, 0.3) is 0 Å². The summed E-state index contributed by atoms with van der Waals surface area (Å²) in [5, 5.41) is 0.324. The van der Waals surface area contributed by atoms with E-state index in [0.717, 1.165) is 13.5 Å². The molecule has 0 bridgehead atoms. The Morgan fingerprint density at radius 3 is 2.92 bits per heavy atom. The predicted octanol–water partition coefficient (Wildman–Crippen LogP) is 3.91. The maximum atomic E-state index is 5.54. The summed E-state index contributed by atoms with van der Waals surface area (Å²) in [5.74, 6) is 0.845. The molecular weight excluding hydrogens is 347 g/mol. The summed E-state index contributed by atoms with van der Waals surface area (Å²) in [7, 11) is 0. The highest BCUT2D eigenvalue weighted by molar-refractivity contribution is 9.28. The minimum absolute atomic E-state index is 0.324. The van der Waals surface area contributed by atoms with Crippen molar-refractivity contribution in [3.63, 3.8) is 0 Å². The van der Waals surface area contributed by atoms with Crippen LogP contribution in [0.15, 0.2) is 13.8 Å². The third-order valence-electron chi connectivity index (χ3n) is 0.827. The topological polar surface area (TPSA) is 25.8 Å². The molecule has 0 aliphatic heterocycles. The van der Waals surface area contributed by atoms with Gasteiger partial charge in [-0.15, -0.1) is 0 Å². The summed E-state index contributed by atoms with van der Waals surface area (Å²) in [6.07, 6.45) is 1.99. The molecule has 1 aromatic rings. The molecule has 0 fully saturated rings. The first-order valence-corrected chi connectivity index (χ1v) is 6.54. The van der Waals surface area contributed by atoms with Gasteiger partial charge in [-0.1, -0.05) is 17.8 Å². The molecule has 2 nitrogen and oxygen atoms in total. The van der Waals surface area contributed by atoms with Crippen LogP contribution < -0.4 is 0 Å². The molecule has 0 aliphatic carbocycles. The molecule has 0 aromatic carbocycles. The zero-order valence-corrected chi connectivity index (χ0v) is 11.2. The first-order chi connectivity index (χ1) is 5.68. The molecule has 0 saturated carbocycles. The number of hydrogen-bond donors (Lipinski definition) is 0. The highest BCUT2D eigenvalue weighted by Gasteiger charge is 1.99. The molecule has 1 rings (SSSR count). The molecule has 7 heteroatoms. The normalized spacial score (nSPS) is 9.92. The van der Waals surface area contributed by atoms with E-state index in [2.05, 4.69) is 41.2 Å². The van der Waals surface area contributed by atoms with Gasteiger partial charge in [0, 0.05) is 5.75 Å². The molecule has 0 unspecified atom stereocenters. The maximum absolute atomic E-state index is 5.54. The van der Waals surface area contributed by atoms with E-state index >= 15 is 0 Å². The third-order valence-corrected chi connectivity index (χ3v) is 3.50. The number of nitrogens with zero attached hydrogens (tertiary/aromatic N) is 2. The minimum Gasteiger partial charge on any atom is -0.198 e. The van der Waals surface area contributed by atoms with Crippen LogP contribution in [0.2, 0.25) is 5.28 Å². The van der Waals surface area contributed by atoms with Crippen molar-refractivity contribution in [3.8, 4) is 0 Å². The van der Waals surface area contributed by atoms with Crippen LogP contribution in [0.4, 0.5) is 0 Å². The first-order valence-electron chi connectivity index (χ1n) is 2.81. The van der Waals surface area contributed by atoms with Gasteiger partial charge in [-0.2, -0.15) is 9.36 Å². The van der Waals surface area contributed by atoms with E-state index in [1.807, 2.05) is 6.08 Å². The van der Waals surface area contributed by atoms with Crippen molar-refractivity contribution in [2.45, 2.75) is 4.34 Å². The van der Waals surface area contributed by atoms with Crippen molar-refractivity contribution in [2.75, 3.05) is 5.75 Å². The van der Waals surface area contributed by atoms with Crippen molar-refractivity contribution < 1.29 is 0 Å². The molecular formula is C5H3Br2ClN2S2. The van der Waals surface area contributed by atoms with Gasteiger partial charge in [-0.05, 0) is 55.0 Å². The standard InChI is InChI=1S/C5H3Br2ClN2S2/c6-3(7)1-2-11-5-9-4(8)10-12-5/h1H,2H2. The van der Waals surface area contributed by atoms with Crippen molar-refractivity contribution in [1.82, 2.24) is 9.36 Å². The second-order valence-electron chi connectivity index (χ2n) is 1.63. The van der Waals surface area contributed by atoms with E-state index in [-0.39, 0.29) is 0 Å². The van der Waals surface area contributed by atoms with Crippen LogP contribution in [0.1, 0.15) is 0 Å². The van der Waals surface area contributed by atoms with Crippen molar-refractivity contribution in [3.05, 3.63) is 14.8 Å². The summed E-state index contributed by atoms with van der Waals surface area (Å²) < 4.78 is 5.67. The van der Waals surface area contributed by atoms with E-state index < -0.39 is 0 Å². The van der Waals surface area contributed by atoms with Crippen LogP contribution in [0, 0.1) is 0 Å². The van der Waals surface area contributed by atoms with Crippen LogP contribution in [-0.2, 0) is 0 Å². The maximum Gasteiger partial charge on any atom is 0.235 e. The van der Waals surface area contributed by atoms with Gasteiger partial charge in [-0.3, -0.25) is 0 Å². The number of aromatic nitrogens is 2. The zero-order chi connectivity index (χ0) is 8.97. The molecule has 66 valence electrons. The number of thioether (sulfide) groups is 1. The van der Waals surface area contributed by atoms with Crippen molar-refractivity contribution in [2.24, 2.45) is 0 Å². The summed E-state index contributed by atoms with van der Waals surface area (Å²) in [6, 6.07) is 0. The fourth-order valence-electron chi connectivity index (χ4n) is 0.427. The first kappa shape index (κ1) is 11.0. The summed E-state index contributed by atoms with van der Waals surface area (Å²) in [5.41, 5.74) is 0. The molecule has 0 spiro atoms. The van der Waals surface area contributed by atoms with E-state index in [1.54, 1.807) is 11.8 Å². The average molecular weight is 350 g/mol. The zero-order valence-electron chi connectivity index (χ0n) is 5.63. The van der Waals surface area contributed by atoms with Gasteiger partial charge in [0.15, 0.2) is 4.34 Å². The predicted molar refractivity (Wildman–Crippen MR) is 61.6 cm³/mol. The Labute approximate surface area is 100 Å². The summed E-state index contributed by atoms with van der Waals surface area (Å²) >= 11 is 15.0. The highest BCUT2D eigenvalue weighted by atomic mass is 79.9. The van der Waals surface area contributed by atoms with E-state index in [4.69, 9.17) is 11.6 Å². The van der Waals surface area contributed by atoms with Crippen molar-refractivity contribution in [1.29, 1.82) is 0 Å². The number of rotatable bonds is 3. The lowest BCUT2D eigenvalue weighted by atomic mass is 10.8. The molecule has 0 atom stereocenters. The second kappa shape index (κ2) is 5.59. The van der Waals surface area contributed by atoms with E-state index in [1.165, 1.54) is 11.5 Å². The molecule has 0 N–H and O–H groups in total. The number of hydrogen-bond acceptors (Lipinski definition) is 4. The summed E-state index contributed by atoms with van der Waals surface area (Å²) in [6.45, 7) is 0. The van der Waals surface area contributed by atoms with Gasteiger partial charge in [0.1, 0.15) is 0 Å². The van der Waals surface area contributed by atoms with Crippen LogP contribution in [0.5, 0.6) is 0 Å². The Hall–Kier alpha value is 0.900. The number of halogens is 3. The Bertz CT molecular complexity index is 285. The van der Waals surface area contributed by atoms with Crippen LogP contribution >= 0.6 is 66.8 Å². The Morgan fingerprint density at radius 1 is 1.67 bits per heavy atom. The van der Waals surface area contributed by atoms with Gasteiger partial charge in [0.25, 0.3) is 0 Å². The van der Waals surface area contributed by atoms with Crippen molar-refractivity contribution >= 4 is 66.8 Å². The van der Waals surface area contributed by atoms with Gasteiger partial charge >= 0.3 is 0 Å².